The second-order valence-corrected chi connectivity index (χ2v) is 5.21. The highest BCUT2D eigenvalue weighted by Crippen LogP contribution is 2.23. The Balaban J connectivity index is 1.82. The van der Waals surface area contributed by atoms with Crippen LogP contribution in [-0.2, 0) is 0 Å². The Morgan fingerprint density at radius 3 is 2.48 bits per heavy atom. The monoisotopic (exact) mass is 313 g/mol. The zero-order valence-corrected chi connectivity index (χ0v) is 12.6. The topological polar surface area (TPSA) is 37.0 Å². The van der Waals surface area contributed by atoms with Crippen LogP contribution in [-0.4, -0.2) is 10.1 Å². The van der Waals surface area contributed by atoms with E-state index in [1.807, 2.05) is 30.3 Å². The van der Waals surface area contributed by atoms with Crippen LogP contribution >= 0.6 is 23.8 Å². The van der Waals surface area contributed by atoms with Gasteiger partial charge in [-0.3, -0.25) is 0 Å². The highest BCUT2D eigenvalue weighted by atomic mass is 35.5. The standard InChI is InChI=1S/C16H12ClN3S/c17-15-14(9-4-10-18-15)20-16(21)19-13-8-3-6-11-5-1-2-7-12(11)13/h1-10H,(H2,19,20,21). The summed E-state index contributed by atoms with van der Waals surface area (Å²) in [4.78, 5) is 4.00. The number of aromatic nitrogens is 1. The average Bonchev–Trinajstić information content (AvgIpc) is 2.50. The molecule has 3 aromatic rings. The molecule has 0 unspecified atom stereocenters. The molecule has 3 rings (SSSR count). The SMILES string of the molecule is S=C(Nc1cccnc1Cl)Nc1cccc2ccccc12. The number of nitrogens with one attached hydrogen (secondary N) is 2. The van der Waals surface area contributed by atoms with E-state index in [4.69, 9.17) is 23.8 Å². The van der Waals surface area contributed by atoms with Gasteiger partial charge in [0.25, 0.3) is 0 Å². The summed E-state index contributed by atoms with van der Waals surface area (Å²) in [5.41, 5.74) is 1.63. The van der Waals surface area contributed by atoms with Gasteiger partial charge >= 0.3 is 0 Å². The maximum atomic E-state index is 6.01. The number of hydrogen-bond donors (Lipinski definition) is 2. The molecule has 0 spiro atoms. The number of pyridine rings is 1. The number of halogens is 1. The molecule has 0 aliphatic carbocycles. The van der Waals surface area contributed by atoms with Crippen molar-refractivity contribution in [3.05, 3.63) is 65.9 Å². The molecular formula is C16H12ClN3S. The fourth-order valence-electron chi connectivity index (χ4n) is 2.09. The second-order valence-electron chi connectivity index (χ2n) is 4.45. The molecule has 1 heterocycles. The number of nitrogens with zero attached hydrogens (tertiary/aromatic N) is 1. The van der Waals surface area contributed by atoms with E-state index in [-0.39, 0.29) is 0 Å². The Bertz CT molecular complexity index is 799. The lowest BCUT2D eigenvalue weighted by atomic mass is 10.1. The lowest BCUT2D eigenvalue weighted by Gasteiger charge is -2.13. The van der Waals surface area contributed by atoms with E-state index in [1.54, 1.807) is 12.3 Å². The van der Waals surface area contributed by atoms with Crippen molar-refractivity contribution in [2.24, 2.45) is 0 Å². The highest BCUT2D eigenvalue weighted by molar-refractivity contribution is 7.80. The van der Waals surface area contributed by atoms with Crippen molar-refractivity contribution in [2.75, 3.05) is 10.6 Å². The predicted octanol–water partition coefficient (Wildman–Crippen LogP) is 4.70. The van der Waals surface area contributed by atoms with Crippen LogP contribution < -0.4 is 10.6 Å². The van der Waals surface area contributed by atoms with Crippen molar-refractivity contribution in [1.29, 1.82) is 0 Å². The van der Waals surface area contributed by atoms with E-state index in [1.165, 1.54) is 0 Å². The van der Waals surface area contributed by atoms with Crippen molar-refractivity contribution in [2.45, 2.75) is 0 Å². The minimum atomic E-state index is 0.388. The molecule has 104 valence electrons. The Morgan fingerprint density at radius 1 is 0.905 bits per heavy atom. The normalized spacial score (nSPS) is 10.3. The summed E-state index contributed by atoms with van der Waals surface area (Å²) >= 11 is 11.3. The van der Waals surface area contributed by atoms with Crippen LogP contribution in [0.1, 0.15) is 0 Å². The van der Waals surface area contributed by atoms with Crippen molar-refractivity contribution in [1.82, 2.24) is 4.98 Å². The minimum absolute atomic E-state index is 0.388. The summed E-state index contributed by atoms with van der Waals surface area (Å²) in [6, 6.07) is 17.8. The molecule has 21 heavy (non-hydrogen) atoms. The first-order valence-corrected chi connectivity index (χ1v) is 7.19. The molecule has 0 saturated heterocycles. The molecule has 0 atom stereocenters. The van der Waals surface area contributed by atoms with Gasteiger partial charge in [-0.2, -0.15) is 0 Å². The van der Waals surface area contributed by atoms with Crippen LogP contribution in [0.5, 0.6) is 0 Å². The van der Waals surface area contributed by atoms with Crippen LogP contribution in [0.25, 0.3) is 10.8 Å². The van der Waals surface area contributed by atoms with Gasteiger partial charge in [-0.1, -0.05) is 48.0 Å². The molecular weight excluding hydrogens is 302 g/mol. The maximum Gasteiger partial charge on any atom is 0.175 e. The van der Waals surface area contributed by atoms with Crippen molar-refractivity contribution in [3.8, 4) is 0 Å². The van der Waals surface area contributed by atoms with Gasteiger partial charge in [0.15, 0.2) is 10.3 Å². The lowest BCUT2D eigenvalue weighted by molar-refractivity contribution is 1.33. The maximum absolute atomic E-state index is 6.01. The molecule has 0 amide bonds. The van der Waals surface area contributed by atoms with Gasteiger partial charge in [-0.15, -0.1) is 0 Å². The van der Waals surface area contributed by atoms with Gasteiger partial charge in [0.2, 0.25) is 0 Å². The molecule has 0 radical (unpaired) electrons. The lowest BCUT2D eigenvalue weighted by Crippen LogP contribution is -2.19. The van der Waals surface area contributed by atoms with Crippen molar-refractivity contribution in [3.63, 3.8) is 0 Å². The molecule has 0 aliphatic heterocycles. The van der Waals surface area contributed by atoms with Gasteiger partial charge < -0.3 is 10.6 Å². The number of fused-ring (bicyclic) bond motifs is 1. The minimum Gasteiger partial charge on any atom is -0.332 e. The zero-order chi connectivity index (χ0) is 14.7. The highest BCUT2D eigenvalue weighted by Gasteiger charge is 2.05. The molecule has 2 N–H and O–H groups in total. The van der Waals surface area contributed by atoms with E-state index in [0.29, 0.717) is 16.0 Å². The first-order valence-electron chi connectivity index (χ1n) is 6.40. The molecule has 0 saturated carbocycles. The summed E-state index contributed by atoms with van der Waals surface area (Å²) in [5.74, 6) is 0. The largest absolute Gasteiger partial charge is 0.332 e. The van der Waals surface area contributed by atoms with Crippen LogP contribution in [0.2, 0.25) is 5.15 Å². The molecule has 0 bridgehead atoms. The van der Waals surface area contributed by atoms with E-state index in [2.05, 4.69) is 33.8 Å². The van der Waals surface area contributed by atoms with Crippen molar-refractivity contribution < 1.29 is 0 Å². The Labute approximate surface area is 133 Å². The third-order valence-corrected chi connectivity index (χ3v) is 3.55. The third kappa shape index (κ3) is 3.12. The van der Waals surface area contributed by atoms with Gasteiger partial charge in [-0.25, -0.2) is 4.98 Å². The van der Waals surface area contributed by atoms with Crippen LogP contribution in [0.4, 0.5) is 11.4 Å². The van der Waals surface area contributed by atoms with Gasteiger partial charge in [0.1, 0.15) is 0 Å². The quantitative estimate of drug-likeness (QED) is 0.531. The second kappa shape index (κ2) is 6.08. The molecule has 0 fully saturated rings. The van der Waals surface area contributed by atoms with Gasteiger partial charge in [-0.05, 0) is 35.8 Å². The Hall–Kier alpha value is -2.17. The molecule has 3 nitrogen and oxygen atoms in total. The van der Waals surface area contributed by atoms with Crippen molar-refractivity contribution >= 4 is 51.1 Å². The number of benzene rings is 2. The fourth-order valence-corrected chi connectivity index (χ4v) is 2.48. The van der Waals surface area contributed by atoms with E-state index < -0.39 is 0 Å². The first kappa shape index (κ1) is 13.8. The van der Waals surface area contributed by atoms with E-state index >= 15 is 0 Å². The Morgan fingerprint density at radius 2 is 1.62 bits per heavy atom. The summed E-state index contributed by atoms with van der Waals surface area (Å²) in [6.45, 7) is 0. The van der Waals surface area contributed by atoms with E-state index in [0.717, 1.165) is 16.5 Å². The van der Waals surface area contributed by atoms with Crippen LogP contribution in [0.3, 0.4) is 0 Å². The summed E-state index contributed by atoms with van der Waals surface area (Å²) in [7, 11) is 0. The molecule has 5 heteroatoms. The third-order valence-electron chi connectivity index (χ3n) is 3.05. The van der Waals surface area contributed by atoms with Gasteiger partial charge in [0, 0.05) is 17.3 Å². The smallest absolute Gasteiger partial charge is 0.175 e. The zero-order valence-electron chi connectivity index (χ0n) is 11.0. The number of anilines is 2. The summed E-state index contributed by atoms with van der Waals surface area (Å²) in [6.07, 6.45) is 1.63. The van der Waals surface area contributed by atoms with E-state index in [9.17, 15) is 0 Å². The molecule has 2 aromatic carbocycles. The molecule has 1 aromatic heterocycles. The number of rotatable bonds is 2. The van der Waals surface area contributed by atoms with Gasteiger partial charge in [0.05, 0.1) is 5.69 Å². The number of thiocarbonyl (C=S) groups is 1. The number of hydrogen-bond acceptors (Lipinski definition) is 2. The summed E-state index contributed by atoms with van der Waals surface area (Å²) < 4.78 is 0. The fraction of sp³-hybridized carbons (Fsp3) is 0. The first-order chi connectivity index (χ1) is 10.2. The van der Waals surface area contributed by atoms with Crippen LogP contribution in [0.15, 0.2) is 60.8 Å². The predicted molar refractivity (Wildman–Crippen MR) is 93.0 cm³/mol. The Kier molecular flexibility index (Phi) is 3.99. The molecule has 0 aliphatic rings. The average molecular weight is 314 g/mol. The van der Waals surface area contributed by atoms with Crippen LogP contribution in [0, 0.1) is 0 Å². The summed E-state index contributed by atoms with van der Waals surface area (Å²) in [5, 5.41) is 9.38.